The highest BCUT2D eigenvalue weighted by Crippen LogP contribution is 2.29. The molecule has 0 radical (unpaired) electrons. The Morgan fingerprint density at radius 1 is 0.818 bits per heavy atom. The molecule has 22 heavy (non-hydrogen) atoms. The van der Waals surface area contributed by atoms with E-state index in [0.29, 0.717) is 0 Å². The number of rotatable bonds is 2. The van der Waals surface area contributed by atoms with Gasteiger partial charge in [-0.3, -0.25) is 0 Å². The standard InChI is InChI=1S/C18H12BrN3/c19-15-11-13-6-2-4-8-16(13)21-18(15)22-17-14-7-3-1-5-12(14)9-10-20-17/h1-11H,(H,20,21,22). The van der Waals surface area contributed by atoms with Gasteiger partial charge in [-0.05, 0) is 39.5 Å². The maximum absolute atomic E-state index is 4.68. The molecular weight excluding hydrogens is 338 g/mol. The van der Waals surface area contributed by atoms with E-state index in [1.54, 1.807) is 6.20 Å². The molecule has 0 saturated carbocycles. The lowest BCUT2D eigenvalue weighted by Gasteiger charge is -2.10. The van der Waals surface area contributed by atoms with Crippen LogP contribution in [0.25, 0.3) is 21.7 Å². The Morgan fingerprint density at radius 3 is 2.50 bits per heavy atom. The van der Waals surface area contributed by atoms with E-state index in [1.807, 2.05) is 42.5 Å². The Labute approximate surface area is 136 Å². The smallest absolute Gasteiger partial charge is 0.146 e. The molecule has 2 aromatic carbocycles. The van der Waals surface area contributed by atoms with E-state index >= 15 is 0 Å². The molecule has 0 aliphatic rings. The molecule has 4 rings (SSSR count). The van der Waals surface area contributed by atoms with E-state index in [4.69, 9.17) is 0 Å². The Bertz CT molecular complexity index is 977. The number of nitrogens with one attached hydrogen (secondary N) is 1. The van der Waals surface area contributed by atoms with Gasteiger partial charge in [0.1, 0.15) is 11.6 Å². The van der Waals surface area contributed by atoms with Gasteiger partial charge >= 0.3 is 0 Å². The summed E-state index contributed by atoms with van der Waals surface area (Å²) >= 11 is 3.59. The number of halogens is 1. The van der Waals surface area contributed by atoms with Crippen LogP contribution in [0.3, 0.4) is 0 Å². The molecule has 0 fully saturated rings. The fraction of sp³-hybridized carbons (Fsp3) is 0. The summed E-state index contributed by atoms with van der Waals surface area (Å²) in [4.78, 5) is 9.13. The van der Waals surface area contributed by atoms with Gasteiger partial charge in [-0.25, -0.2) is 9.97 Å². The van der Waals surface area contributed by atoms with Gasteiger partial charge in [0.2, 0.25) is 0 Å². The third-order valence-corrected chi connectivity index (χ3v) is 4.19. The number of para-hydroxylation sites is 1. The number of aromatic nitrogens is 2. The summed E-state index contributed by atoms with van der Waals surface area (Å²) in [7, 11) is 0. The van der Waals surface area contributed by atoms with Gasteiger partial charge < -0.3 is 5.32 Å². The first kappa shape index (κ1) is 13.2. The lowest BCUT2D eigenvalue weighted by molar-refractivity contribution is 1.29. The molecule has 0 unspecified atom stereocenters. The van der Waals surface area contributed by atoms with Crippen molar-refractivity contribution in [2.45, 2.75) is 0 Å². The molecule has 106 valence electrons. The third kappa shape index (κ3) is 2.31. The highest BCUT2D eigenvalue weighted by Gasteiger charge is 2.08. The van der Waals surface area contributed by atoms with Crippen LogP contribution in [0.2, 0.25) is 0 Å². The van der Waals surface area contributed by atoms with Gasteiger partial charge in [-0.15, -0.1) is 0 Å². The van der Waals surface area contributed by atoms with E-state index < -0.39 is 0 Å². The normalized spacial score (nSPS) is 11.0. The average Bonchev–Trinajstić information content (AvgIpc) is 2.56. The number of anilines is 2. The first-order chi connectivity index (χ1) is 10.8. The van der Waals surface area contributed by atoms with Crippen molar-refractivity contribution in [3.05, 3.63) is 71.3 Å². The number of nitrogens with zero attached hydrogens (tertiary/aromatic N) is 2. The largest absolute Gasteiger partial charge is 0.323 e. The van der Waals surface area contributed by atoms with Gasteiger partial charge in [0.25, 0.3) is 0 Å². The summed E-state index contributed by atoms with van der Waals surface area (Å²) in [6.07, 6.45) is 1.81. The highest BCUT2D eigenvalue weighted by atomic mass is 79.9. The van der Waals surface area contributed by atoms with E-state index in [9.17, 15) is 0 Å². The molecule has 0 spiro atoms. The summed E-state index contributed by atoms with van der Waals surface area (Å²) in [6, 6.07) is 20.3. The number of hydrogen-bond donors (Lipinski definition) is 1. The van der Waals surface area contributed by atoms with E-state index in [-0.39, 0.29) is 0 Å². The van der Waals surface area contributed by atoms with Crippen LogP contribution in [0.1, 0.15) is 0 Å². The average molecular weight is 350 g/mol. The van der Waals surface area contributed by atoms with Gasteiger partial charge in [-0.2, -0.15) is 0 Å². The van der Waals surface area contributed by atoms with Crippen molar-refractivity contribution in [2.75, 3.05) is 5.32 Å². The predicted molar refractivity (Wildman–Crippen MR) is 94.5 cm³/mol. The number of benzene rings is 2. The molecule has 4 aromatic rings. The second kappa shape index (κ2) is 5.39. The molecule has 1 N–H and O–H groups in total. The topological polar surface area (TPSA) is 37.8 Å². The van der Waals surface area contributed by atoms with Crippen LogP contribution >= 0.6 is 15.9 Å². The Hall–Kier alpha value is -2.46. The zero-order valence-electron chi connectivity index (χ0n) is 11.6. The van der Waals surface area contributed by atoms with Crippen LogP contribution < -0.4 is 5.32 Å². The third-order valence-electron chi connectivity index (χ3n) is 3.59. The van der Waals surface area contributed by atoms with Crippen molar-refractivity contribution in [3.63, 3.8) is 0 Å². The highest BCUT2D eigenvalue weighted by molar-refractivity contribution is 9.10. The quantitative estimate of drug-likeness (QED) is 0.534. The summed E-state index contributed by atoms with van der Waals surface area (Å²) in [5, 5.41) is 6.67. The summed E-state index contributed by atoms with van der Waals surface area (Å²) in [6.45, 7) is 0. The monoisotopic (exact) mass is 349 g/mol. The Balaban J connectivity index is 1.84. The van der Waals surface area contributed by atoms with Crippen molar-refractivity contribution >= 4 is 49.2 Å². The maximum atomic E-state index is 4.68. The van der Waals surface area contributed by atoms with E-state index in [2.05, 4.69) is 49.4 Å². The van der Waals surface area contributed by atoms with Crippen LogP contribution in [0.5, 0.6) is 0 Å². The fourth-order valence-electron chi connectivity index (χ4n) is 2.51. The molecular formula is C18H12BrN3. The van der Waals surface area contributed by atoms with Crippen LogP contribution in [0.4, 0.5) is 11.6 Å². The first-order valence-electron chi connectivity index (χ1n) is 6.97. The molecule has 0 aliphatic carbocycles. The number of pyridine rings is 2. The molecule has 0 saturated heterocycles. The van der Waals surface area contributed by atoms with Gasteiger partial charge in [0.15, 0.2) is 0 Å². The lowest BCUT2D eigenvalue weighted by Crippen LogP contribution is -1.98. The van der Waals surface area contributed by atoms with E-state index in [0.717, 1.165) is 37.8 Å². The molecule has 2 heterocycles. The Morgan fingerprint density at radius 2 is 1.59 bits per heavy atom. The summed E-state index contributed by atoms with van der Waals surface area (Å²) in [5.41, 5.74) is 0.952. The molecule has 0 amide bonds. The van der Waals surface area contributed by atoms with Crippen molar-refractivity contribution in [3.8, 4) is 0 Å². The minimum atomic E-state index is 0.766. The molecule has 0 atom stereocenters. The second-order valence-electron chi connectivity index (χ2n) is 5.02. The van der Waals surface area contributed by atoms with Crippen molar-refractivity contribution in [1.82, 2.24) is 9.97 Å². The predicted octanol–water partition coefficient (Wildman–Crippen LogP) is 5.29. The minimum absolute atomic E-state index is 0.766. The van der Waals surface area contributed by atoms with Crippen LogP contribution in [0, 0.1) is 0 Å². The van der Waals surface area contributed by atoms with Crippen molar-refractivity contribution in [2.24, 2.45) is 0 Å². The maximum Gasteiger partial charge on any atom is 0.146 e. The van der Waals surface area contributed by atoms with Gasteiger partial charge in [0.05, 0.1) is 9.99 Å². The zero-order valence-corrected chi connectivity index (χ0v) is 13.2. The minimum Gasteiger partial charge on any atom is -0.323 e. The fourth-order valence-corrected chi connectivity index (χ4v) is 2.94. The van der Waals surface area contributed by atoms with Crippen molar-refractivity contribution < 1.29 is 0 Å². The zero-order chi connectivity index (χ0) is 14.9. The molecule has 0 bridgehead atoms. The van der Waals surface area contributed by atoms with Crippen molar-refractivity contribution in [1.29, 1.82) is 0 Å². The Kier molecular flexibility index (Phi) is 3.24. The van der Waals surface area contributed by atoms with E-state index in [1.165, 1.54) is 0 Å². The summed E-state index contributed by atoms with van der Waals surface area (Å²) < 4.78 is 0.918. The van der Waals surface area contributed by atoms with Crippen LogP contribution in [0.15, 0.2) is 71.3 Å². The molecule has 2 aromatic heterocycles. The summed E-state index contributed by atoms with van der Waals surface area (Å²) in [5.74, 6) is 1.57. The molecule has 3 nitrogen and oxygen atoms in total. The van der Waals surface area contributed by atoms with Crippen LogP contribution in [-0.4, -0.2) is 9.97 Å². The SMILES string of the molecule is Brc1cc2ccccc2nc1Nc1nccc2ccccc12. The van der Waals surface area contributed by atoms with Crippen LogP contribution in [-0.2, 0) is 0 Å². The second-order valence-corrected chi connectivity index (χ2v) is 5.87. The van der Waals surface area contributed by atoms with Gasteiger partial charge in [-0.1, -0.05) is 42.5 Å². The first-order valence-corrected chi connectivity index (χ1v) is 7.77. The number of fused-ring (bicyclic) bond motifs is 2. The molecule has 0 aliphatic heterocycles. The number of hydrogen-bond acceptors (Lipinski definition) is 3. The molecule has 4 heteroatoms. The van der Waals surface area contributed by atoms with Gasteiger partial charge in [0, 0.05) is 17.0 Å². The lowest BCUT2D eigenvalue weighted by atomic mass is 10.1.